The standard InChI is InChI=1S/C29H24I3O3S/c1-29(2,3)35-20-11-15-23(16-12-20)36(21-7-5-4-6-8-21)22-13-9-19(10-14-22)34-28(33)26-24(30)17-18-25(31)27(26)32/h4-18H,1-3H3/q+1. The summed E-state index contributed by atoms with van der Waals surface area (Å²) in [6.45, 7) is 6.14. The Kier molecular flexibility index (Phi) is 9.27. The third-order valence-corrected chi connectivity index (χ3v) is 11.2. The number of esters is 1. The van der Waals surface area contributed by atoms with E-state index in [2.05, 4.69) is 104 Å². The summed E-state index contributed by atoms with van der Waals surface area (Å²) in [5, 5.41) is 0. The fourth-order valence-corrected chi connectivity index (χ4v) is 7.87. The van der Waals surface area contributed by atoms with Gasteiger partial charge in [-0.15, -0.1) is 0 Å². The molecule has 0 fully saturated rings. The molecule has 0 spiro atoms. The van der Waals surface area contributed by atoms with Gasteiger partial charge in [0.1, 0.15) is 17.1 Å². The quantitative estimate of drug-likeness (QED) is 0.0641. The van der Waals surface area contributed by atoms with Crippen LogP contribution in [0.25, 0.3) is 0 Å². The first-order valence-corrected chi connectivity index (χ1v) is 15.6. The summed E-state index contributed by atoms with van der Waals surface area (Å²) in [5.41, 5.74) is 0.359. The fraction of sp³-hybridized carbons (Fsp3) is 0.138. The molecule has 0 aliphatic heterocycles. The van der Waals surface area contributed by atoms with E-state index in [9.17, 15) is 4.79 Å². The van der Waals surface area contributed by atoms with Crippen LogP contribution in [0.1, 0.15) is 31.1 Å². The van der Waals surface area contributed by atoms with Crippen molar-refractivity contribution < 1.29 is 14.3 Å². The van der Waals surface area contributed by atoms with Gasteiger partial charge in [-0.2, -0.15) is 0 Å². The lowest BCUT2D eigenvalue weighted by Gasteiger charge is -2.21. The first-order chi connectivity index (χ1) is 17.1. The van der Waals surface area contributed by atoms with Crippen LogP contribution in [0.15, 0.2) is 106 Å². The molecule has 0 aromatic heterocycles. The number of ether oxygens (including phenoxy) is 2. The van der Waals surface area contributed by atoms with Crippen LogP contribution in [0.2, 0.25) is 0 Å². The Hall–Kier alpha value is -1.31. The zero-order chi connectivity index (χ0) is 25.9. The molecule has 0 saturated carbocycles. The molecular weight excluding hydrogens is 809 g/mol. The zero-order valence-electron chi connectivity index (χ0n) is 19.9. The number of rotatable bonds is 6. The Labute approximate surface area is 256 Å². The third-order valence-electron chi connectivity index (χ3n) is 4.98. The first kappa shape index (κ1) is 27.7. The summed E-state index contributed by atoms with van der Waals surface area (Å²) in [5.74, 6) is 1.04. The van der Waals surface area contributed by atoms with Crippen molar-refractivity contribution in [2.45, 2.75) is 41.1 Å². The molecule has 1 unspecified atom stereocenters. The fourth-order valence-electron chi connectivity index (χ4n) is 3.48. The van der Waals surface area contributed by atoms with E-state index in [1.165, 1.54) is 9.79 Å². The highest BCUT2D eigenvalue weighted by Gasteiger charge is 2.29. The van der Waals surface area contributed by atoms with E-state index in [1.54, 1.807) is 0 Å². The molecule has 1 atom stereocenters. The number of carbonyl (C=O) groups excluding carboxylic acids is 1. The van der Waals surface area contributed by atoms with Crippen molar-refractivity contribution in [1.82, 2.24) is 0 Å². The molecular formula is C29H24I3O3S+. The summed E-state index contributed by atoms with van der Waals surface area (Å²) in [6, 6.07) is 30.6. The minimum absolute atomic E-state index is 0.246. The van der Waals surface area contributed by atoms with E-state index in [0.717, 1.165) is 21.4 Å². The van der Waals surface area contributed by atoms with Gasteiger partial charge in [-0.05, 0) is 161 Å². The molecule has 0 aliphatic rings. The normalized spacial score (nSPS) is 12.2. The topological polar surface area (TPSA) is 35.5 Å². The zero-order valence-corrected chi connectivity index (χ0v) is 27.2. The SMILES string of the molecule is CC(C)(C)Oc1ccc([S+](c2ccccc2)c2ccc(OC(=O)c3c(I)ccc(I)c3I)cc2)cc1. The molecule has 4 aromatic rings. The molecule has 36 heavy (non-hydrogen) atoms. The first-order valence-electron chi connectivity index (χ1n) is 11.2. The molecule has 0 aliphatic carbocycles. The molecule has 4 rings (SSSR count). The largest absolute Gasteiger partial charge is 0.488 e. The highest BCUT2D eigenvalue weighted by atomic mass is 127. The predicted octanol–water partition coefficient (Wildman–Crippen LogP) is 8.99. The van der Waals surface area contributed by atoms with Gasteiger partial charge in [0, 0.05) is 10.7 Å². The minimum Gasteiger partial charge on any atom is -0.488 e. The molecule has 7 heteroatoms. The van der Waals surface area contributed by atoms with Crippen LogP contribution in [0.4, 0.5) is 0 Å². The molecule has 0 amide bonds. The van der Waals surface area contributed by atoms with E-state index in [0.29, 0.717) is 11.3 Å². The third kappa shape index (κ3) is 6.96. The van der Waals surface area contributed by atoms with E-state index in [4.69, 9.17) is 9.47 Å². The van der Waals surface area contributed by atoms with Crippen LogP contribution >= 0.6 is 67.8 Å². The smallest absolute Gasteiger partial charge is 0.345 e. The highest BCUT2D eigenvalue weighted by Crippen LogP contribution is 2.34. The van der Waals surface area contributed by atoms with Crippen molar-refractivity contribution in [3.05, 3.63) is 107 Å². The van der Waals surface area contributed by atoms with Gasteiger partial charge in [0.2, 0.25) is 0 Å². The molecule has 0 heterocycles. The van der Waals surface area contributed by atoms with Gasteiger partial charge < -0.3 is 9.47 Å². The summed E-state index contributed by atoms with van der Waals surface area (Å²) in [7, 11) is -0.313. The maximum atomic E-state index is 13.0. The van der Waals surface area contributed by atoms with Crippen LogP contribution in [-0.2, 0) is 10.9 Å². The number of hydrogen-bond donors (Lipinski definition) is 0. The Morgan fingerprint density at radius 2 is 1.17 bits per heavy atom. The van der Waals surface area contributed by atoms with Crippen LogP contribution < -0.4 is 9.47 Å². The summed E-state index contributed by atoms with van der Waals surface area (Å²) in [6.07, 6.45) is 0. The predicted molar refractivity (Wildman–Crippen MR) is 171 cm³/mol. The van der Waals surface area contributed by atoms with Gasteiger partial charge in [-0.1, -0.05) is 18.2 Å². The number of halogens is 3. The van der Waals surface area contributed by atoms with Crippen molar-refractivity contribution in [3.63, 3.8) is 0 Å². The second-order valence-corrected chi connectivity index (χ2v) is 14.3. The maximum Gasteiger partial charge on any atom is 0.345 e. The lowest BCUT2D eigenvalue weighted by Crippen LogP contribution is -2.22. The molecule has 0 N–H and O–H groups in total. The minimum atomic E-state index is -0.341. The van der Waals surface area contributed by atoms with Gasteiger partial charge in [-0.3, -0.25) is 0 Å². The van der Waals surface area contributed by atoms with Crippen molar-refractivity contribution in [2.75, 3.05) is 0 Å². The van der Waals surface area contributed by atoms with Crippen molar-refractivity contribution in [2.24, 2.45) is 0 Å². The van der Waals surface area contributed by atoms with Crippen molar-refractivity contribution in [3.8, 4) is 11.5 Å². The summed E-state index contributed by atoms with van der Waals surface area (Å²) < 4.78 is 14.6. The van der Waals surface area contributed by atoms with Gasteiger partial charge in [-0.25, -0.2) is 4.79 Å². The average molecular weight is 833 g/mol. The van der Waals surface area contributed by atoms with Gasteiger partial charge in [0.05, 0.1) is 16.5 Å². The van der Waals surface area contributed by atoms with Crippen LogP contribution in [-0.4, -0.2) is 11.6 Å². The van der Waals surface area contributed by atoms with Gasteiger partial charge >= 0.3 is 5.97 Å². The Balaban J connectivity index is 1.61. The Morgan fingerprint density at radius 1 is 0.667 bits per heavy atom. The molecule has 0 saturated heterocycles. The molecule has 4 aromatic carbocycles. The van der Waals surface area contributed by atoms with Crippen LogP contribution in [0.3, 0.4) is 0 Å². The Bertz CT molecular complexity index is 1350. The molecule has 0 bridgehead atoms. The van der Waals surface area contributed by atoms with Gasteiger partial charge in [0.25, 0.3) is 0 Å². The van der Waals surface area contributed by atoms with Crippen molar-refractivity contribution >= 4 is 84.6 Å². The maximum absolute atomic E-state index is 13.0. The summed E-state index contributed by atoms with van der Waals surface area (Å²) >= 11 is 6.62. The Morgan fingerprint density at radius 3 is 1.72 bits per heavy atom. The number of benzene rings is 4. The monoisotopic (exact) mass is 833 g/mol. The molecule has 0 radical (unpaired) electrons. The van der Waals surface area contributed by atoms with Gasteiger partial charge in [0.15, 0.2) is 14.7 Å². The van der Waals surface area contributed by atoms with E-state index in [-0.39, 0.29) is 22.5 Å². The van der Waals surface area contributed by atoms with E-state index < -0.39 is 0 Å². The van der Waals surface area contributed by atoms with E-state index in [1.807, 2.05) is 75.4 Å². The number of carbonyl (C=O) groups is 1. The second-order valence-electron chi connectivity index (χ2n) is 8.88. The van der Waals surface area contributed by atoms with Crippen molar-refractivity contribution in [1.29, 1.82) is 0 Å². The van der Waals surface area contributed by atoms with Crippen LogP contribution in [0.5, 0.6) is 11.5 Å². The highest BCUT2D eigenvalue weighted by molar-refractivity contribution is 14.1. The van der Waals surface area contributed by atoms with Crippen LogP contribution in [0, 0.1) is 10.7 Å². The lowest BCUT2D eigenvalue weighted by molar-refractivity contribution is 0.0732. The number of hydrogen-bond acceptors (Lipinski definition) is 3. The lowest BCUT2D eigenvalue weighted by atomic mass is 10.2. The summed E-state index contributed by atoms with van der Waals surface area (Å²) in [4.78, 5) is 16.5. The molecule has 184 valence electrons. The second kappa shape index (κ2) is 12.0. The molecule has 3 nitrogen and oxygen atoms in total. The van der Waals surface area contributed by atoms with E-state index >= 15 is 0 Å². The average Bonchev–Trinajstić information content (AvgIpc) is 2.84.